The number of pyridine rings is 3. The number of piperazine rings is 1. The minimum absolute atomic E-state index is 0.0722. The number of aromatic hydroxyl groups is 1. The fourth-order valence-corrected chi connectivity index (χ4v) is 6.27. The molecule has 0 radical (unpaired) electrons. The number of rotatable bonds is 4. The number of carbonyl (C=O) groups excluding carboxylic acids is 1. The molecule has 3 aromatic heterocycles. The molecule has 2 N–H and O–H groups in total. The SMILES string of the molecule is C=CC(=O)N1CC2CNc3c(c4cc(F)c(-c5c(O)cccc5F)nc4n(-c4c(C)ccnc4C(C)C)c3=O)N2CC1C. The molecular weight excluding hydrogens is 554 g/mol. The summed E-state index contributed by atoms with van der Waals surface area (Å²) < 4.78 is 32.5. The quantitative estimate of drug-likeness (QED) is 0.329. The maximum absolute atomic E-state index is 16.0. The van der Waals surface area contributed by atoms with Gasteiger partial charge in [-0.05, 0) is 55.7 Å². The first-order valence-corrected chi connectivity index (χ1v) is 14.2. The van der Waals surface area contributed by atoms with Gasteiger partial charge in [-0.15, -0.1) is 0 Å². The highest BCUT2D eigenvalue weighted by Gasteiger charge is 2.40. The molecule has 11 heteroatoms. The van der Waals surface area contributed by atoms with Crippen LogP contribution in [0.1, 0.15) is 37.9 Å². The van der Waals surface area contributed by atoms with Crippen LogP contribution >= 0.6 is 0 Å². The Morgan fingerprint density at radius 3 is 2.65 bits per heavy atom. The number of nitrogens with zero attached hydrogens (tertiary/aromatic N) is 5. The molecule has 6 rings (SSSR count). The second-order valence-corrected chi connectivity index (χ2v) is 11.4. The first kappa shape index (κ1) is 28.3. The van der Waals surface area contributed by atoms with Crippen LogP contribution in [0.25, 0.3) is 28.0 Å². The number of fused-ring (bicyclic) bond motifs is 5. The zero-order chi connectivity index (χ0) is 30.7. The summed E-state index contributed by atoms with van der Waals surface area (Å²) in [5, 5.41) is 14.1. The number of halogens is 2. The van der Waals surface area contributed by atoms with E-state index < -0.39 is 34.2 Å². The summed E-state index contributed by atoms with van der Waals surface area (Å²) in [7, 11) is 0. The van der Waals surface area contributed by atoms with E-state index in [1.165, 1.54) is 28.8 Å². The fraction of sp³-hybridized carbons (Fsp3) is 0.312. The number of hydrogen-bond donors (Lipinski definition) is 2. The number of anilines is 2. The third-order valence-electron chi connectivity index (χ3n) is 8.33. The normalized spacial score (nSPS) is 17.9. The van der Waals surface area contributed by atoms with E-state index in [2.05, 4.69) is 21.9 Å². The van der Waals surface area contributed by atoms with Gasteiger partial charge in [-0.1, -0.05) is 26.5 Å². The number of nitrogens with one attached hydrogen (secondary N) is 1. The number of aryl methyl sites for hydroxylation is 1. The van der Waals surface area contributed by atoms with Gasteiger partial charge >= 0.3 is 0 Å². The highest BCUT2D eigenvalue weighted by atomic mass is 19.1. The van der Waals surface area contributed by atoms with E-state index in [0.29, 0.717) is 42.1 Å². The molecule has 0 spiro atoms. The largest absolute Gasteiger partial charge is 0.507 e. The molecule has 0 bridgehead atoms. The Morgan fingerprint density at radius 2 is 1.95 bits per heavy atom. The highest BCUT2D eigenvalue weighted by molar-refractivity contribution is 6.00. The molecule has 222 valence electrons. The third kappa shape index (κ3) is 4.41. The molecule has 2 atom stereocenters. The fourth-order valence-electron chi connectivity index (χ4n) is 6.27. The van der Waals surface area contributed by atoms with E-state index in [1.807, 2.05) is 32.6 Å². The summed E-state index contributed by atoms with van der Waals surface area (Å²) in [6.45, 7) is 12.4. The van der Waals surface area contributed by atoms with Crippen molar-refractivity contribution in [1.82, 2.24) is 19.4 Å². The molecule has 5 heterocycles. The van der Waals surface area contributed by atoms with Gasteiger partial charge in [-0.3, -0.25) is 19.1 Å². The van der Waals surface area contributed by atoms with Gasteiger partial charge in [0.05, 0.1) is 28.7 Å². The molecular formula is C32H32F2N6O3. The molecule has 1 saturated heterocycles. The second-order valence-electron chi connectivity index (χ2n) is 11.4. The van der Waals surface area contributed by atoms with Crippen LogP contribution in [0.5, 0.6) is 5.75 Å². The van der Waals surface area contributed by atoms with Crippen molar-refractivity contribution in [1.29, 1.82) is 0 Å². The summed E-state index contributed by atoms with van der Waals surface area (Å²) in [5.41, 5.74) is 1.52. The predicted molar refractivity (Wildman–Crippen MR) is 162 cm³/mol. The molecule has 1 fully saturated rings. The average Bonchev–Trinajstić information content (AvgIpc) is 2.97. The van der Waals surface area contributed by atoms with Gasteiger partial charge in [0.15, 0.2) is 11.5 Å². The van der Waals surface area contributed by atoms with Crippen LogP contribution in [-0.2, 0) is 4.79 Å². The third-order valence-corrected chi connectivity index (χ3v) is 8.33. The van der Waals surface area contributed by atoms with Crippen LogP contribution in [0.2, 0.25) is 0 Å². The maximum atomic E-state index is 16.0. The maximum Gasteiger partial charge on any atom is 0.282 e. The minimum atomic E-state index is -0.858. The number of amides is 1. The summed E-state index contributed by atoms with van der Waals surface area (Å²) in [5.74, 6) is -2.44. The van der Waals surface area contributed by atoms with Crippen LogP contribution in [0.15, 0.2) is 54.0 Å². The average molecular weight is 587 g/mol. The van der Waals surface area contributed by atoms with Crippen LogP contribution in [0.3, 0.4) is 0 Å². The lowest BCUT2D eigenvalue weighted by molar-refractivity contribution is -0.128. The van der Waals surface area contributed by atoms with E-state index >= 15 is 8.78 Å². The predicted octanol–water partition coefficient (Wildman–Crippen LogP) is 4.88. The van der Waals surface area contributed by atoms with Crippen molar-refractivity contribution >= 4 is 28.3 Å². The number of hydrogen-bond acceptors (Lipinski definition) is 7. The Morgan fingerprint density at radius 1 is 1.19 bits per heavy atom. The first-order valence-electron chi connectivity index (χ1n) is 14.2. The van der Waals surface area contributed by atoms with Crippen LogP contribution in [-0.4, -0.2) is 62.2 Å². The molecule has 2 aliphatic heterocycles. The van der Waals surface area contributed by atoms with Crippen molar-refractivity contribution in [3.63, 3.8) is 0 Å². The lowest BCUT2D eigenvalue weighted by Gasteiger charge is -2.49. The number of benzene rings is 1. The zero-order valence-electron chi connectivity index (χ0n) is 24.4. The van der Waals surface area contributed by atoms with Crippen LogP contribution in [0.4, 0.5) is 20.2 Å². The topological polar surface area (TPSA) is 104 Å². The number of aromatic nitrogens is 3. The van der Waals surface area contributed by atoms with Crippen molar-refractivity contribution in [2.45, 2.75) is 45.7 Å². The Kier molecular flexibility index (Phi) is 6.90. The lowest BCUT2D eigenvalue weighted by atomic mass is 9.99. The van der Waals surface area contributed by atoms with Crippen molar-refractivity contribution in [3.05, 3.63) is 82.4 Å². The van der Waals surface area contributed by atoms with Crippen molar-refractivity contribution < 1.29 is 18.7 Å². The molecule has 4 aromatic rings. The minimum Gasteiger partial charge on any atom is -0.507 e. The molecule has 0 saturated carbocycles. The molecule has 1 aromatic carbocycles. The number of phenols is 1. The van der Waals surface area contributed by atoms with E-state index in [0.717, 1.165) is 11.6 Å². The van der Waals surface area contributed by atoms with E-state index in [-0.39, 0.29) is 35.2 Å². The Bertz CT molecular complexity index is 1850. The Labute approximate surface area is 247 Å². The molecule has 0 aliphatic carbocycles. The molecule has 9 nitrogen and oxygen atoms in total. The Hall–Kier alpha value is -4.80. The number of phenolic OH excluding ortho intramolecular Hbond substituents is 1. The van der Waals surface area contributed by atoms with Gasteiger partial charge < -0.3 is 20.2 Å². The monoisotopic (exact) mass is 586 g/mol. The van der Waals surface area contributed by atoms with E-state index in [4.69, 9.17) is 0 Å². The van der Waals surface area contributed by atoms with Gasteiger partial charge in [0, 0.05) is 37.3 Å². The Balaban J connectivity index is 1.70. The summed E-state index contributed by atoms with van der Waals surface area (Å²) >= 11 is 0. The van der Waals surface area contributed by atoms with Crippen molar-refractivity contribution in [2.24, 2.45) is 0 Å². The summed E-state index contributed by atoms with van der Waals surface area (Å²) in [4.78, 5) is 40.0. The van der Waals surface area contributed by atoms with Crippen LogP contribution < -0.4 is 15.8 Å². The van der Waals surface area contributed by atoms with Crippen molar-refractivity contribution in [2.75, 3.05) is 29.9 Å². The van der Waals surface area contributed by atoms with Crippen LogP contribution in [0, 0.1) is 18.6 Å². The first-order chi connectivity index (χ1) is 20.5. The zero-order valence-corrected chi connectivity index (χ0v) is 24.4. The summed E-state index contributed by atoms with van der Waals surface area (Å²) in [6.07, 6.45) is 2.95. The molecule has 43 heavy (non-hydrogen) atoms. The van der Waals surface area contributed by atoms with Gasteiger partial charge in [-0.2, -0.15) is 0 Å². The van der Waals surface area contributed by atoms with Gasteiger partial charge in [0.2, 0.25) is 5.91 Å². The molecule has 1 amide bonds. The van der Waals surface area contributed by atoms with Gasteiger partial charge in [-0.25, -0.2) is 13.8 Å². The molecule has 2 unspecified atom stereocenters. The van der Waals surface area contributed by atoms with Gasteiger partial charge in [0.25, 0.3) is 5.56 Å². The standard InChI is InChI=1S/C32H32F2N6O3/c1-6-24(42)38-15-19-13-36-28-30(39(19)14-18(38)5)20-12-22(34)27(25-21(33)8-7-9-23(25)41)37-31(20)40(32(28)43)29-17(4)10-11-35-26(29)16(2)3/h6-12,16,18-19,36,41H,1,13-15H2,2-5H3. The van der Waals surface area contributed by atoms with E-state index in [9.17, 15) is 14.7 Å². The second kappa shape index (κ2) is 10.5. The van der Waals surface area contributed by atoms with E-state index in [1.54, 1.807) is 17.2 Å². The smallest absolute Gasteiger partial charge is 0.282 e. The number of carbonyl (C=O) groups is 1. The van der Waals surface area contributed by atoms with Crippen molar-refractivity contribution in [3.8, 4) is 22.7 Å². The van der Waals surface area contributed by atoms with Gasteiger partial charge in [0.1, 0.15) is 22.9 Å². The highest BCUT2D eigenvalue weighted by Crippen LogP contribution is 2.42. The molecule has 2 aliphatic rings. The summed E-state index contributed by atoms with van der Waals surface area (Å²) in [6, 6.07) is 6.29. The lowest BCUT2D eigenvalue weighted by Crippen LogP contribution is -2.62.